The van der Waals surface area contributed by atoms with Crippen molar-refractivity contribution in [2.75, 3.05) is 38.1 Å². The minimum Gasteiger partial charge on any atom is -0.389 e. The highest BCUT2D eigenvalue weighted by Crippen LogP contribution is 2.35. The van der Waals surface area contributed by atoms with Crippen LogP contribution in [0.4, 0.5) is 5.69 Å². The van der Waals surface area contributed by atoms with Crippen LogP contribution < -0.4 is 4.90 Å². The number of hydrogen-bond donors (Lipinski definition) is 1. The molecule has 0 radical (unpaired) electrons. The van der Waals surface area contributed by atoms with Crippen molar-refractivity contribution in [2.24, 2.45) is 0 Å². The smallest absolute Gasteiger partial charge is 0.270 e. The molecule has 208 valence electrons. The maximum atomic E-state index is 14.1. The largest absolute Gasteiger partial charge is 0.389 e. The standard InChI is InChI=1S/C33H38N4O3/c1-22-19-24(11-13-27(22)28-8-6-10-31(38)23(28)2)32(39)37-21-26-12-14-30(33(40)35-17-15-34(3)16-18-35)36(26)20-25-7-4-5-9-29(25)37/h4-5,7,9,11-14,19,31,38H,6,8,10,15-18,20-21H2,1-3H3/t31-/m1/s1. The molecule has 3 aliphatic rings. The average molecular weight is 539 g/mol. The van der Waals surface area contributed by atoms with Crippen LogP contribution in [-0.4, -0.2) is 70.6 Å². The minimum absolute atomic E-state index is 0.0558. The molecule has 1 saturated heterocycles. The molecule has 1 fully saturated rings. The van der Waals surface area contributed by atoms with E-state index in [2.05, 4.69) is 16.5 Å². The molecule has 0 saturated carbocycles. The molecular weight excluding hydrogens is 500 g/mol. The fourth-order valence-corrected chi connectivity index (χ4v) is 6.42. The van der Waals surface area contributed by atoms with Crippen LogP contribution in [0.2, 0.25) is 0 Å². The first-order chi connectivity index (χ1) is 19.3. The Kier molecular flexibility index (Phi) is 7.11. The van der Waals surface area contributed by atoms with Gasteiger partial charge in [-0.3, -0.25) is 9.59 Å². The molecule has 2 aliphatic heterocycles. The van der Waals surface area contributed by atoms with E-state index in [9.17, 15) is 14.7 Å². The van der Waals surface area contributed by atoms with Crippen LogP contribution in [0.3, 0.4) is 0 Å². The molecule has 1 aromatic heterocycles. The Hall–Kier alpha value is -3.68. The number of carbonyl (C=O) groups excluding carboxylic acids is 2. The van der Waals surface area contributed by atoms with Crippen LogP contribution in [0.25, 0.3) is 5.57 Å². The third kappa shape index (κ3) is 4.78. The zero-order valence-electron chi connectivity index (χ0n) is 23.7. The summed E-state index contributed by atoms with van der Waals surface area (Å²) >= 11 is 0. The van der Waals surface area contributed by atoms with Gasteiger partial charge >= 0.3 is 0 Å². The molecule has 2 amide bonds. The van der Waals surface area contributed by atoms with E-state index in [-0.39, 0.29) is 17.9 Å². The van der Waals surface area contributed by atoms with Gasteiger partial charge in [0.15, 0.2) is 0 Å². The predicted molar refractivity (Wildman–Crippen MR) is 158 cm³/mol. The van der Waals surface area contributed by atoms with Crippen molar-refractivity contribution in [2.45, 2.75) is 52.3 Å². The van der Waals surface area contributed by atoms with Gasteiger partial charge in [0.2, 0.25) is 0 Å². The van der Waals surface area contributed by atoms with Crippen LogP contribution in [0, 0.1) is 6.92 Å². The number of anilines is 1. The Morgan fingerprint density at radius 3 is 2.45 bits per heavy atom. The first-order valence-corrected chi connectivity index (χ1v) is 14.4. The van der Waals surface area contributed by atoms with E-state index in [1.807, 2.05) is 78.2 Å². The zero-order chi connectivity index (χ0) is 28.0. The average Bonchev–Trinajstić information content (AvgIpc) is 3.27. The number of aryl methyl sites for hydroxylation is 1. The fourth-order valence-electron chi connectivity index (χ4n) is 6.42. The molecule has 3 heterocycles. The summed E-state index contributed by atoms with van der Waals surface area (Å²) in [6, 6.07) is 17.9. The summed E-state index contributed by atoms with van der Waals surface area (Å²) in [6.07, 6.45) is 2.34. The third-order valence-electron chi connectivity index (χ3n) is 8.94. The lowest BCUT2D eigenvalue weighted by Crippen LogP contribution is -2.47. The maximum absolute atomic E-state index is 14.1. The van der Waals surface area contributed by atoms with Crippen LogP contribution in [0.15, 0.2) is 60.2 Å². The highest BCUT2D eigenvalue weighted by atomic mass is 16.3. The molecule has 1 N–H and O–H groups in total. The van der Waals surface area contributed by atoms with E-state index in [0.717, 1.165) is 79.1 Å². The number of nitrogens with zero attached hydrogens (tertiary/aromatic N) is 4. The lowest BCUT2D eigenvalue weighted by atomic mass is 9.84. The van der Waals surface area contributed by atoms with Crippen LogP contribution in [-0.2, 0) is 13.1 Å². The first-order valence-electron chi connectivity index (χ1n) is 14.4. The summed E-state index contributed by atoms with van der Waals surface area (Å²) < 4.78 is 2.09. The van der Waals surface area contributed by atoms with Crippen molar-refractivity contribution < 1.29 is 14.7 Å². The van der Waals surface area contributed by atoms with Gasteiger partial charge in [0.05, 0.1) is 19.2 Å². The van der Waals surface area contributed by atoms with Gasteiger partial charge in [0.1, 0.15) is 5.69 Å². The molecule has 40 heavy (non-hydrogen) atoms. The van der Waals surface area contributed by atoms with Crippen LogP contribution >= 0.6 is 0 Å². The van der Waals surface area contributed by atoms with Gasteiger partial charge in [-0.15, -0.1) is 0 Å². The summed E-state index contributed by atoms with van der Waals surface area (Å²) in [6.45, 7) is 8.20. The van der Waals surface area contributed by atoms with Crippen molar-refractivity contribution in [1.82, 2.24) is 14.4 Å². The fraction of sp³-hybridized carbons (Fsp3) is 0.394. The molecule has 7 heteroatoms. The summed E-state index contributed by atoms with van der Waals surface area (Å²) in [5, 5.41) is 10.4. The second-order valence-electron chi connectivity index (χ2n) is 11.5. The molecule has 2 aromatic carbocycles. The molecule has 3 aromatic rings. The number of aliphatic hydroxyl groups excluding tert-OH is 1. The van der Waals surface area contributed by atoms with Crippen molar-refractivity contribution >= 4 is 23.1 Å². The quantitative estimate of drug-likeness (QED) is 0.525. The topological polar surface area (TPSA) is 69.0 Å². The van der Waals surface area contributed by atoms with Gasteiger partial charge in [0, 0.05) is 43.1 Å². The van der Waals surface area contributed by atoms with Gasteiger partial charge in [0.25, 0.3) is 11.8 Å². The van der Waals surface area contributed by atoms with Gasteiger partial charge in [-0.25, -0.2) is 0 Å². The number of piperazine rings is 1. The Morgan fingerprint density at radius 2 is 1.68 bits per heavy atom. The van der Waals surface area contributed by atoms with Gasteiger partial charge in [-0.2, -0.15) is 0 Å². The van der Waals surface area contributed by atoms with Crippen LogP contribution in [0.1, 0.15) is 69.4 Å². The highest BCUT2D eigenvalue weighted by molar-refractivity contribution is 6.07. The second-order valence-corrected chi connectivity index (χ2v) is 11.5. The summed E-state index contributed by atoms with van der Waals surface area (Å²) in [5.41, 5.74) is 8.57. The number of aliphatic hydroxyl groups is 1. The molecular formula is C33H38N4O3. The maximum Gasteiger partial charge on any atom is 0.270 e. The van der Waals surface area contributed by atoms with Crippen molar-refractivity contribution in [3.63, 3.8) is 0 Å². The van der Waals surface area contributed by atoms with Gasteiger partial charge < -0.3 is 24.4 Å². The number of aromatic nitrogens is 1. The monoisotopic (exact) mass is 538 g/mol. The van der Waals surface area contributed by atoms with Gasteiger partial charge in [-0.1, -0.05) is 24.3 Å². The van der Waals surface area contributed by atoms with Crippen molar-refractivity contribution in [3.05, 3.63) is 93.8 Å². The van der Waals surface area contributed by atoms with E-state index in [0.29, 0.717) is 24.3 Å². The molecule has 1 aliphatic carbocycles. The number of hydrogen-bond acceptors (Lipinski definition) is 4. The zero-order valence-corrected chi connectivity index (χ0v) is 23.7. The highest BCUT2D eigenvalue weighted by Gasteiger charge is 2.30. The van der Waals surface area contributed by atoms with Crippen molar-refractivity contribution in [1.29, 1.82) is 0 Å². The molecule has 6 rings (SSSR count). The number of amides is 2. The molecule has 0 spiro atoms. The third-order valence-corrected chi connectivity index (χ3v) is 8.94. The number of fused-ring (bicyclic) bond motifs is 2. The Bertz CT molecular complexity index is 1500. The van der Waals surface area contributed by atoms with E-state index in [1.54, 1.807) is 0 Å². The van der Waals surface area contributed by atoms with E-state index in [1.165, 1.54) is 5.57 Å². The summed E-state index contributed by atoms with van der Waals surface area (Å²) in [7, 11) is 2.08. The van der Waals surface area contributed by atoms with E-state index in [4.69, 9.17) is 0 Å². The number of rotatable bonds is 3. The minimum atomic E-state index is -0.387. The SMILES string of the molecule is CC1=C(c2ccc(C(=O)N3Cc4ccc(C(=O)N5CCN(C)CC5)n4Cc4ccccc43)cc2C)CCC[C@H]1O. The number of benzene rings is 2. The van der Waals surface area contributed by atoms with Gasteiger partial charge in [-0.05, 0) is 98.3 Å². The molecule has 1 atom stereocenters. The first kappa shape index (κ1) is 26.5. The summed E-state index contributed by atoms with van der Waals surface area (Å²) in [4.78, 5) is 33.6. The molecule has 7 nitrogen and oxygen atoms in total. The second kappa shape index (κ2) is 10.7. The van der Waals surface area contributed by atoms with Crippen LogP contribution in [0.5, 0.6) is 0 Å². The predicted octanol–water partition coefficient (Wildman–Crippen LogP) is 4.71. The Balaban J connectivity index is 1.32. The Labute approximate surface area is 236 Å². The number of para-hydroxylation sites is 1. The normalized spacial score (nSPS) is 19.8. The Morgan fingerprint density at radius 1 is 0.900 bits per heavy atom. The number of allylic oxidation sites excluding steroid dienone is 1. The van der Waals surface area contributed by atoms with E-state index < -0.39 is 0 Å². The molecule has 0 bridgehead atoms. The number of likely N-dealkylation sites (N-methyl/N-ethyl adjacent to an activating group) is 1. The lowest BCUT2D eigenvalue weighted by molar-refractivity contribution is 0.0653. The van der Waals surface area contributed by atoms with Crippen molar-refractivity contribution in [3.8, 4) is 0 Å². The number of carbonyl (C=O) groups is 2. The summed E-state index contributed by atoms with van der Waals surface area (Å²) in [5.74, 6) is -0.00155. The van der Waals surface area contributed by atoms with E-state index >= 15 is 0 Å². The lowest BCUT2D eigenvalue weighted by Gasteiger charge is -2.32. The molecule has 0 unspecified atom stereocenters.